The minimum absolute atomic E-state index is 0.00208. The van der Waals surface area contributed by atoms with Gasteiger partial charge in [-0.05, 0) is 19.3 Å². The molecule has 0 aromatic rings. The number of carbonyl (C=O) groups is 2. The molecule has 1 amide bonds. The van der Waals surface area contributed by atoms with Gasteiger partial charge in [0.1, 0.15) is 6.04 Å². The molecule has 5 nitrogen and oxygen atoms in total. The van der Waals surface area contributed by atoms with Gasteiger partial charge < -0.3 is 15.4 Å². The van der Waals surface area contributed by atoms with Crippen LogP contribution < -0.4 is 5.73 Å². The molecule has 0 spiro atoms. The molecule has 2 N–H and O–H groups in total. The number of ether oxygens (including phenoxy) is 1. The average Bonchev–Trinajstić information content (AvgIpc) is 2.83. The largest absolute Gasteiger partial charge is 0.467 e. The molecule has 1 rings (SSSR count). The van der Waals surface area contributed by atoms with E-state index >= 15 is 0 Å². The van der Waals surface area contributed by atoms with Gasteiger partial charge in [-0.25, -0.2) is 4.79 Å². The van der Waals surface area contributed by atoms with Crippen molar-refractivity contribution in [3.63, 3.8) is 0 Å². The fourth-order valence-corrected chi connectivity index (χ4v) is 2.34. The van der Waals surface area contributed by atoms with Crippen LogP contribution in [0.4, 0.5) is 0 Å². The molecule has 1 saturated heterocycles. The van der Waals surface area contributed by atoms with Gasteiger partial charge in [0.2, 0.25) is 5.91 Å². The second-order valence-corrected chi connectivity index (χ2v) is 4.43. The summed E-state index contributed by atoms with van der Waals surface area (Å²) < 4.78 is 4.72. The number of nitrogens with zero attached hydrogens (tertiary/aromatic N) is 1. The van der Waals surface area contributed by atoms with E-state index in [9.17, 15) is 9.59 Å². The van der Waals surface area contributed by atoms with Gasteiger partial charge in [-0.15, -0.1) is 0 Å². The van der Waals surface area contributed by atoms with E-state index in [0.29, 0.717) is 19.5 Å². The number of hydrogen-bond donors (Lipinski definition) is 1. The summed E-state index contributed by atoms with van der Waals surface area (Å²) in [6.45, 7) is 3.01. The number of nitrogens with two attached hydrogens (primary N) is 1. The van der Waals surface area contributed by atoms with E-state index in [-0.39, 0.29) is 17.8 Å². The third kappa shape index (κ3) is 3.19. The van der Waals surface area contributed by atoms with Crippen LogP contribution in [0, 0.1) is 5.92 Å². The van der Waals surface area contributed by atoms with E-state index in [2.05, 4.69) is 0 Å². The summed E-state index contributed by atoms with van der Waals surface area (Å²) in [6.07, 6.45) is 3.25. The van der Waals surface area contributed by atoms with E-state index in [4.69, 9.17) is 10.5 Å². The molecule has 5 heteroatoms. The van der Waals surface area contributed by atoms with Gasteiger partial charge in [-0.1, -0.05) is 13.3 Å². The van der Waals surface area contributed by atoms with Gasteiger partial charge in [-0.3, -0.25) is 4.79 Å². The Morgan fingerprint density at radius 2 is 2.24 bits per heavy atom. The molecule has 0 bridgehead atoms. The summed E-state index contributed by atoms with van der Waals surface area (Å²) in [5.74, 6) is -0.476. The highest BCUT2D eigenvalue weighted by Crippen LogP contribution is 2.22. The van der Waals surface area contributed by atoms with Crippen LogP contribution in [0.2, 0.25) is 0 Å². The van der Waals surface area contributed by atoms with Crippen molar-refractivity contribution < 1.29 is 14.3 Å². The fraction of sp³-hybridized carbons (Fsp3) is 0.833. The standard InChI is InChI=1S/C12H22N2O3/c1-3-5-9(8-13)11(15)14-7-4-6-10(14)12(16)17-2/h9-10H,3-8,13H2,1-2H3. The number of amides is 1. The molecule has 2 unspecified atom stereocenters. The Morgan fingerprint density at radius 3 is 2.76 bits per heavy atom. The molecule has 0 aromatic heterocycles. The number of carbonyl (C=O) groups excluding carboxylic acids is 2. The SMILES string of the molecule is CCCC(CN)C(=O)N1CCCC1C(=O)OC. The second kappa shape index (κ2) is 6.59. The number of esters is 1. The highest BCUT2D eigenvalue weighted by Gasteiger charge is 2.36. The van der Waals surface area contributed by atoms with Crippen molar-refractivity contribution in [2.24, 2.45) is 11.7 Å². The first-order valence-electron chi connectivity index (χ1n) is 6.24. The van der Waals surface area contributed by atoms with Gasteiger partial charge in [0.05, 0.1) is 13.0 Å². The lowest BCUT2D eigenvalue weighted by molar-refractivity contribution is -0.152. The lowest BCUT2D eigenvalue weighted by Gasteiger charge is -2.26. The van der Waals surface area contributed by atoms with Crippen LogP contribution >= 0.6 is 0 Å². The normalized spacial score (nSPS) is 21.4. The number of likely N-dealkylation sites (tertiary alicyclic amines) is 1. The summed E-state index contributed by atoms with van der Waals surface area (Å²) >= 11 is 0. The minimum atomic E-state index is -0.404. The van der Waals surface area contributed by atoms with E-state index in [0.717, 1.165) is 19.3 Å². The molecule has 0 aromatic carbocycles. The number of methoxy groups -OCH3 is 1. The Labute approximate surface area is 102 Å². The van der Waals surface area contributed by atoms with Crippen molar-refractivity contribution in [1.82, 2.24) is 4.90 Å². The maximum Gasteiger partial charge on any atom is 0.328 e. The van der Waals surface area contributed by atoms with Crippen LogP contribution in [0.25, 0.3) is 0 Å². The van der Waals surface area contributed by atoms with E-state index in [1.54, 1.807) is 4.90 Å². The van der Waals surface area contributed by atoms with Crippen molar-refractivity contribution >= 4 is 11.9 Å². The second-order valence-electron chi connectivity index (χ2n) is 4.43. The van der Waals surface area contributed by atoms with Crippen molar-refractivity contribution in [1.29, 1.82) is 0 Å². The first-order valence-corrected chi connectivity index (χ1v) is 6.24. The van der Waals surface area contributed by atoms with Crippen LogP contribution in [0.15, 0.2) is 0 Å². The zero-order valence-electron chi connectivity index (χ0n) is 10.6. The van der Waals surface area contributed by atoms with Crippen molar-refractivity contribution in [2.45, 2.75) is 38.6 Å². The molecule has 17 heavy (non-hydrogen) atoms. The minimum Gasteiger partial charge on any atom is -0.467 e. The topological polar surface area (TPSA) is 72.6 Å². The van der Waals surface area contributed by atoms with Crippen LogP contribution in [0.1, 0.15) is 32.6 Å². The van der Waals surface area contributed by atoms with Gasteiger partial charge in [-0.2, -0.15) is 0 Å². The van der Waals surface area contributed by atoms with Crippen LogP contribution in [-0.2, 0) is 14.3 Å². The van der Waals surface area contributed by atoms with Gasteiger partial charge in [0.25, 0.3) is 0 Å². The predicted octanol–water partition coefficient (Wildman–Crippen LogP) is 0.525. The van der Waals surface area contributed by atoms with Crippen molar-refractivity contribution in [3.05, 3.63) is 0 Å². The summed E-state index contributed by atoms with van der Waals surface area (Å²) in [4.78, 5) is 25.4. The first-order chi connectivity index (χ1) is 8.15. The first kappa shape index (κ1) is 14.0. The Hall–Kier alpha value is -1.10. The van der Waals surface area contributed by atoms with Gasteiger partial charge in [0, 0.05) is 13.1 Å². The third-order valence-electron chi connectivity index (χ3n) is 3.28. The Bertz CT molecular complexity index is 281. The molecule has 0 radical (unpaired) electrons. The molecular formula is C12H22N2O3. The maximum absolute atomic E-state index is 12.2. The predicted molar refractivity (Wildman–Crippen MR) is 64.2 cm³/mol. The third-order valence-corrected chi connectivity index (χ3v) is 3.28. The Kier molecular flexibility index (Phi) is 5.41. The summed E-state index contributed by atoms with van der Waals surface area (Å²) in [6, 6.07) is -0.404. The summed E-state index contributed by atoms with van der Waals surface area (Å²) in [7, 11) is 1.36. The van der Waals surface area contributed by atoms with Crippen LogP contribution in [0.5, 0.6) is 0 Å². The smallest absolute Gasteiger partial charge is 0.328 e. The van der Waals surface area contributed by atoms with E-state index < -0.39 is 6.04 Å². The maximum atomic E-state index is 12.2. The highest BCUT2D eigenvalue weighted by molar-refractivity contribution is 5.86. The molecular weight excluding hydrogens is 220 g/mol. The molecule has 1 aliphatic rings. The highest BCUT2D eigenvalue weighted by atomic mass is 16.5. The lowest BCUT2D eigenvalue weighted by Crippen LogP contribution is -2.45. The average molecular weight is 242 g/mol. The molecule has 0 aliphatic carbocycles. The molecule has 1 heterocycles. The van der Waals surface area contributed by atoms with Crippen LogP contribution in [-0.4, -0.2) is 43.0 Å². The van der Waals surface area contributed by atoms with Crippen molar-refractivity contribution in [2.75, 3.05) is 20.2 Å². The quantitative estimate of drug-likeness (QED) is 0.714. The van der Waals surface area contributed by atoms with Gasteiger partial charge in [0.15, 0.2) is 0 Å². The molecule has 1 fully saturated rings. The zero-order valence-corrected chi connectivity index (χ0v) is 10.6. The Balaban J connectivity index is 2.69. The monoisotopic (exact) mass is 242 g/mol. The molecule has 98 valence electrons. The molecule has 2 atom stereocenters. The van der Waals surface area contributed by atoms with E-state index in [1.165, 1.54) is 7.11 Å². The number of hydrogen-bond acceptors (Lipinski definition) is 4. The zero-order chi connectivity index (χ0) is 12.8. The van der Waals surface area contributed by atoms with E-state index in [1.807, 2.05) is 6.92 Å². The van der Waals surface area contributed by atoms with Crippen LogP contribution in [0.3, 0.4) is 0 Å². The summed E-state index contributed by atoms with van der Waals surface area (Å²) in [5, 5.41) is 0. The number of rotatable bonds is 5. The Morgan fingerprint density at radius 1 is 1.53 bits per heavy atom. The molecule has 1 aliphatic heterocycles. The molecule has 0 saturated carbocycles. The lowest BCUT2D eigenvalue weighted by atomic mass is 10.0. The fourth-order valence-electron chi connectivity index (χ4n) is 2.34. The summed E-state index contributed by atoms with van der Waals surface area (Å²) in [5.41, 5.74) is 5.62. The van der Waals surface area contributed by atoms with Gasteiger partial charge >= 0.3 is 5.97 Å². The van der Waals surface area contributed by atoms with Crippen molar-refractivity contribution in [3.8, 4) is 0 Å².